The minimum absolute atomic E-state index is 0.0420. The van der Waals surface area contributed by atoms with E-state index in [-0.39, 0.29) is 17.0 Å². The Labute approximate surface area is 117 Å². The summed E-state index contributed by atoms with van der Waals surface area (Å²) in [5.41, 5.74) is 2.02. The van der Waals surface area contributed by atoms with Crippen molar-refractivity contribution in [3.63, 3.8) is 0 Å². The highest BCUT2D eigenvalue weighted by atomic mass is 32.2. The molecule has 0 fully saturated rings. The zero-order chi connectivity index (χ0) is 14.5. The molecule has 0 heterocycles. The van der Waals surface area contributed by atoms with Crippen LogP contribution in [0.5, 0.6) is 0 Å². The number of aryl methyl sites for hydroxylation is 1. The van der Waals surface area contributed by atoms with Crippen molar-refractivity contribution in [2.24, 2.45) is 0 Å². The maximum atomic E-state index is 12.0. The summed E-state index contributed by atoms with van der Waals surface area (Å²) in [6.45, 7) is 8.94. The van der Waals surface area contributed by atoms with Gasteiger partial charge in [0.1, 0.15) is 0 Å². The highest BCUT2D eigenvalue weighted by molar-refractivity contribution is 7.90. The first kappa shape index (κ1) is 16.2. The average molecular weight is 283 g/mol. The Morgan fingerprint density at radius 2 is 1.89 bits per heavy atom. The van der Waals surface area contributed by atoms with Gasteiger partial charge in [0.15, 0.2) is 9.84 Å². The first-order valence-electron chi connectivity index (χ1n) is 6.69. The summed E-state index contributed by atoms with van der Waals surface area (Å²) in [5.74, 6) is 0.383. The Morgan fingerprint density at radius 3 is 2.47 bits per heavy atom. The Kier molecular flexibility index (Phi) is 5.56. The van der Waals surface area contributed by atoms with Gasteiger partial charge in [-0.2, -0.15) is 0 Å². The van der Waals surface area contributed by atoms with Crippen LogP contribution in [0.15, 0.2) is 24.3 Å². The molecule has 0 atom stereocenters. The van der Waals surface area contributed by atoms with Crippen LogP contribution in [0.4, 0.5) is 0 Å². The lowest BCUT2D eigenvalue weighted by molar-refractivity contribution is 0.426. The smallest absolute Gasteiger partial charge is 0.154 e. The van der Waals surface area contributed by atoms with E-state index in [1.54, 1.807) is 0 Å². The van der Waals surface area contributed by atoms with Gasteiger partial charge in [-0.05, 0) is 46.2 Å². The molecule has 0 aliphatic carbocycles. The van der Waals surface area contributed by atoms with Crippen LogP contribution in [-0.4, -0.2) is 26.3 Å². The second-order valence-electron chi connectivity index (χ2n) is 6.11. The molecule has 1 N–H and O–H groups in total. The van der Waals surface area contributed by atoms with Crippen molar-refractivity contribution in [2.75, 3.05) is 12.3 Å². The Hall–Kier alpha value is -0.870. The van der Waals surface area contributed by atoms with Gasteiger partial charge in [-0.25, -0.2) is 8.42 Å². The molecule has 1 rings (SSSR count). The maximum absolute atomic E-state index is 12.0. The van der Waals surface area contributed by atoms with Crippen LogP contribution < -0.4 is 5.32 Å². The fourth-order valence-corrected chi connectivity index (χ4v) is 3.30. The lowest BCUT2D eigenvalue weighted by atomic mass is 10.1. The van der Waals surface area contributed by atoms with E-state index in [4.69, 9.17) is 0 Å². The van der Waals surface area contributed by atoms with Crippen molar-refractivity contribution in [1.29, 1.82) is 0 Å². The predicted octanol–water partition coefficient (Wildman–Crippen LogP) is 2.69. The van der Waals surface area contributed by atoms with E-state index in [0.717, 1.165) is 17.7 Å². The predicted molar refractivity (Wildman–Crippen MR) is 81.0 cm³/mol. The van der Waals surface area contributed by atoms with Crippen LogP contribution in [0.25, 0.3) is 0 Å². The molecule has 0 saturated carbocycles. The van der Waals surface area contributed by atoms with Gasteiger partial charge >= 0.3 is 0 Å². The van der Waals surface area contributed by atoms with E-state index >= 15 is 0 Å². The Morgan fingerprint density at radius 1 is 1.21 bits per heavy atom. The highest BCUT2D eigenvalue weighted by Crippen LogP contribution is 2.10. The maximum Gasteiger partial charge on any atom is 0.154 e. The molecule has 0 bridgehead atoms. The van der Waals surface area contributed by atoms with Gasteiger partial charge in [0.2, 0.25) is 0 Å². The second-order valence-corrected chi connectivity index (χ2v) is 8.30. The number of rotatable bonds is 6. The summed E-state index contributed by atoms with van der Waals surface area (Å²) in [5, 5.41) is 3.30. The van der Waals surface area contributed by atoms with Crippen molar-refractivity contribution in [3.05, 3.63) is 35.4 Å². The van der Waals surface area contributed by atoms with Crippen LogP contribution in [0.1, 0.15) is 38.3 Å². The molecular formula is C15H25NO2S. The van der Waals surface area contributed by atoms with Crippen molar-refractivity contribution >= 4 is 9.84 Å². The number of nitrogens with one attached hydrogen (secondary N) is 1. The fourth-order valence-electron chi connectivity index (χ4n) is 1.88. The third kappa shape index (κ3) is 7.33. The summed E-state index contributed by atoms with van der Waals surface area (Å²) in [6.07, 6.45) is 0.658. The largest absolute Gasteiger partial charge is 0.312 e. The zero-order valence-electron chi connectivity index (χ0n) is 12.4. The number of benzene rings is 1. The van der Waals surface area contributed by atoms with Gasteiger partial charge in [0.05, 0.1) is 11.5 Å². The average Bonchev–Trinajstić information content (AvgIpc) is 2.22. The van der Waals surface area contributed by atoms with Crippen molar-refractivity contribution in [3.8, 4) is 0 Å². The summed E-state index contributed by atoms with van der Waals surface area (Å²) in [7, 11) is -3.01. The third-order valence-corrected chi connectivity index (χ3v) is 4.44. The van der Waals surface area contributed by atoms with E-state index in [1.807, 2.05) is 31.2 Å². The van der Waals surface area contributed by atoms with Gasteiger partial charge in [0.25, 0.3) is 0 Å². The standard InChI is InChI=1S/C15H25NO2S/c1-13-7-5-8-14(11-13)12-19(17,18)10-6-9-16-15(2,3)4/h5,7-8,11,16H,6,9-10,12H2,1-4H3. The topological polar surface area (TPSA) is 46.2 Å². The van der Waals surface area contributed by atoms with Crippen LogP contribution in [-0.2, 0) is 15.6 Å². The molecule has 0 aliphatic heterocycles. The van der Waals surface area contributed by atoms with Crippen LogP contribution in [0, 0.1) is 6.92 Å². The van der Waals surface area contributed by atoms with E-state index in [9.17, 15) is 8.42 Å². The molecule has 1 aromatic carbocycles. The second kappa shape index (κ2) is 6.53. The van der Waals surface area contributed by atoms with Gasteiger partial charge < -0.3 is 5.32 Å². The third-order valence-electron chi connectivity index (χ3n) is 2.76. The molecule has 0 saturated heterocycles. The highest BCUT2D eigenvalue weighted by Gasteiger charge is 2.13. The first-order chi connectivity index (χ1) is 8.68. The Balaban J connectivity index is 2.44. The number of sulfone groups is 1. The number of hydrogen-bond acceptors (Lipinski definition) is 3. The molecule has 0 spiro atoms. The van der Waals surface area contributed by atoms with Crippen molar-refractivity contribution in [2.45, 2.75) is 45.4 Å². The molecule has 3 nitrogen and oxygen atoms in total. The molecule has 108 valence electrons. The van der Waals surface area contributed by atoms with E-state index in [1.165, 1.54) is 0 Å². The van der Waals surface area contributed by atoms with Crippen molar-refractivity contribution in [1.82, 2.24) is 5.32 Å². The van der Waals surface area contributed by atoms with Gasteiger partial charge in [-0.3, -0.25) is 0 Å². The molecule has 0 amide bonds. The lowest BCUT2D eigenvalue weighted by Crippen LogP contribution is -2.37. The Bertz CT molecular complexity index is 501. The summed E-state index contributed by atoms with van der Waals surface area (Å²) in [4.78, 5) is 0. The van der Waals surface area contributed by atoms with Crippen LogP contribution in [0.3, 0.4) is 0 Å². The molecular weight excluding hydrogens is 258 g/mol. The fraction of sp³-hybridized carbons (Fsp3) is 0.600. The van der Waals surface area contributed by atoms with Crippen LogP contribution in [0.2, 0.25) is 0 Å². The quantitative estimate of drug-likeness (QED) is 0.817. The van der Waals surface area contributed by atoms with E-state index < -0.39 is 9.84 Å². The molecule has 19 heavy (non-hydrogen) atoms. The summed E-state index contributed by atoms with van der Waals surface area (Å²) < 4.78 is 24.0. The van der Waals surface area contributed by atoms with Crippen LogP contribution >= 0.6 is 0 Å². The van der Waals surface area contributed by atoms with Gasteiger partial charge in [-0.15, -0.1) is 0 Å². The minimum Gasteiger partial charge on any atom is -0.312 e. The normalized spacial score (nSPS) is 12.6. The number of hydrogen-bond donors (Lipinski definition) is 1. The van der Waals surface area contributed by atoms with Gasteiger partial charge in [-0.1, -0.05) is 29.8 Å². The molecule has 0 unspecified atom stereocenters. The molecule has 1 aromatic rings. The first-order valence-corrected chi connectivity index (χ1v) is 8.51. The van der Waals surface area contributed by atoms with E-state index in [0.29, 0.717) is 6.42 Å². The molecule has 0 aliphatic rings. The summed E-state index contributed by atoms with van der Waals surface area (Å²) in [6, 6.07) is 7.69. The van der Waals surface area contributed by atoms with Gasteiger partial charge in [0, 0.05) is 5.54 Å². The minimum atomic E-state index is -3.01. The monoisotopic (exact) mass is 283 g/mol. The zero-order valence-corrected chi connectivity index (χ0v) is 13.2. The SMILES string of the molecule is Cc1cccc(CS(=O)(=O)CCCNC(C)(C)C)c1. The van der Waals surface area contributed by atoms with E-state index in [2.05, 4.69) is 26.1 Å². The summed E-state index contributed by atoms with van der Waals surface area (Å²) >= 11 is 0. The molecule has 0 radical (unpaired) electrons. The molecule has 0 aromatic heterocycles. The van der Waals surface area contributed by atoms with Crippen molar-refractivity contribution < 1.29 is 8.42 Å². The molecule has 4 heteroatoms. The lowest BCUT2D eigenvalue weighted by Gasteiger charge is -2.20.